The zero-order chi connectivity index (χ0) is 10.4. The number of ether oxygens (including phenoxy) is 2. The summed E-state index contributed by atoms with van der Waals surface area (Å²) in [7, 11) is 0. The van der Waals surface area contributed by atoms with E-state index >= 15 is 0 Å². The summed E-state index contributed by atoms with van der Waals surface area (Å²) in [6.07, 6.45) is 1.96. The molecule has 0 spiro atoms. The molecule has 1 saturated heterocycles. The van der Waals surface area contributed by atoms with Gasteiger partial charge in [-0.25, -0.2) is 0 Å². The largest absolute Gasteiger partial charge is 0.396 e. The van der Waals surface area contributed by atoms with Crippen molar-refractivity contribution in [1.29, 1.82) is 0 Å². The van der Waals surface area contributed by atoms with Crippen LogP contribution in [0.5, 0.6) is 0 Å². The lowest BCUT2D eigenvalue weighted by Crippen LogP contribution is -2.48. The van der Waals surface area contributed by atoms with Gasteiger partial charge in [0.2, 0.25) is 0 Å². The number of hydrogen-bond donors (Lipinski definition) is 2. The van der Waals surface area contributed by atoms with Crippen LogP contribution in [-0.4, -0.2) is 43.7 Å². The van der Waals surface area contributed by atoms with Crippen LogP contribution in [0.1, 0.15) is 19.8 Å². The van der Waals surface area contributed by atoms with Gasteiger partial charge in [0.25, 0.3) is 0 Å². The van der Waals surface area contributed by atoms with Crippen molar-refractivity contribution < 1.29 is 14.6 Å². The minimum atomic E-state index is -0.304. The van der Waals surface area contributed by atoms with Crippen molar-refractivity contribution in [2.75, 3.05) is 33.0 Å². The molecule has 1 rings (SSSR count). The fourth-order valence-electron chi connectivity index (χ4n) is 1.53. The van der Waals surface area contributed by atoms with Crippen LogP contribution < -0.4 is 5.73 Å². The molecule has 0 bridgehead atoms. The monoisotopic (exact) mass is 203 g/mol. The number of hydrogen-bond acceptors (Lipinski definition) is 4. The average Bonchev–Trinajstić information content (AvgIpc) is 2.27. The third-order valence-electron chi connectivity index (χ3n) is 2.64. The zero-order valence-corrected chi connectivity index (χ0v) is 8.87. The molecule has 14 heavy (non-hydrogen) atoms. The van der Waals surface area contributed by atoms with Crippen molar-refractivity contribution in [3.63, 3.8) is 0 Å². The third kappa shape index (κ3) is 3.20. The van der Waals surface area contributed by atoms with Crippen LogP contribution in [0.25, 0.3) is 0 Å². The molecule has 0 aromatic heterocycles. The summed E-state index contributed by atoms with van der Waals surface area (Å²) >= 11 is 0. The summed E-state index contributed by atoms with van der Waals surface area (Å²) in [6, 6.07) is 0. The lowest BCUT2D eigenvalue weighted by atomic mass is 9.96. The summed E-state index contributed by atoms with van der Waals surface area (Å²) in [6.45, 7) is 4.54. The normalized spacial score (nSPS) is 30.2. The van der Waals surface area contributed by atoms with Crippen LogP contribution >= 0.6 is 0 Å². The lowest BCUT2D eigenvalue weighted by molar-refractivity contribution is -0.132. The molecule has 2 unspecified atom stereocenters. The number of nitrogens with two attached hydrogens (primary N) is 1. The topological polar surface area (TPSA) is 64.7 Å². The van der Waals surface area contributed by atoms with Gasteiger partial charge in [-0.15, -0.1) is 0 Å². The molecule has 2 atom stereocenters. The van der Waals surface area contributed by atoms with Gasteiger partial charge in [0.15, 0.2) is 0 Å². The highest BCUT2D eigenvalue weighted by molar-refractivity contribution is 4.84. The predicted molar refractivity (Wildman–Crippen MR) is 54.0 cm³/mol. The average molecular weight is 203 g/mol. The molecule has 4 heteroatoms. The summed E-state index contributed by atoms with van der Waals surface area (Å²) in [5.41, 5.74) is 5.39. The molecule has 1 fully saturated rings. The van der Waals surface area contributed by atoms with Crippen LogP contribution in [0.4, 0.5) is 0 Å². The molecule has 0 radical (unpaired) electrons. The van der Waals surface area contributed by atoms with Crippen LogP contribution in [0.2, 0.25) is 0 Å². The van der Waals surface area contributed by atoms with Gasteiger partial charge in [-0.2, -0.15) is 0 Å². The highest BCUT2D eigenvalue weighted by Crippen LogP contribution is 2.23. The Labute approximate surface area is 85.4 Å². The standard InChI is InChI=1S/C10H21NO3/c1-9(5-12)6-14-10(7-11)3-2-4-13-8-10/h9,12H,2-8,11H2,1H3. The van der Waals surface area contributed by atoms with Gasteiger partial charge in [0, 0.05) is 25.7 Å². The molecule has 84 valence electrons. The van der Waals surface area contributed by atoms with E-state index in [1.165, 1.54) is 0 Å². The van der Waals surface area contributed by atoms with E-state index in [9.17, 15) is 0 Å². The second-order valence-corrected chi connectivity index (χ2v) is 4.14. The summed E-state index contributed by atoms with van der Waals surface area (Å²) in [5.74, 6) is 0.167. The number of aliphatic hydroxyl groups is 1. The second kappa shape index (κ2) is 5.66. The van der Waals surface area contributed by atoms with E-state index in [1.54, 1.807) is 0 Å². The molecule has 1 aliphatic heterocycles. The Morgan fingerprint density at radius 2 is 2.43 bits per heavy atom. The molecule has 4 nitrogen and oxygen atoms in total. The third-order valence-corrected chi connectivity index (χ3v) is 2.64. The quantitative estimate of drug-likeness (QED) is 0.667. The molecule has 0 aromatic rings. The first-order valence-electron chi connectivity index (χ1n) is 5.25. The van der Waals surface area contributed by atoms with Crippen LogP contribution in [0.15, 0.2) is 0 Å². The van der Waals surface area contributed by atoms with Crippen molar-refractivity contribution in [3.05, 3.63) is 0 Å². The number of aliphatic hydroxyl groups excluding tert-OH is 1. The fourth-order valence-corrected chi connectivity index (χ4v) is 1.53. The summed E-state index contributed by atoms with van der Waals surface area (Å²) in [5, 5.41) is 8.88. The van der Waals surface area contributed by atoms with Gasteiger partial charge in [-0.05, 0) is 12.8 Å². The second-order valence-electron chi connectivity index (χ2n) is 4.14. The number of rotatable bonds is 5. The molecule has 1 heterocycles. The maximum absolute atomic E-state index is 8.88. The first-order valence-corrected chi connectivity index (χ1v) is 5.25. The first kappa shape index (κ1) is 11.9. The van der Waals surface area contributed by atoms with Crippen molar-refractivity contribution in [3.8, 4) is 0 Å². The minimum absolute atomic E-state index is 0.154. The van der Waals surface area contributed by atoms with E-state index in [0.717, 1.165) is 19.4 Å². The Hall–Kier alpha value is -0.160. The van der Waals surface area contributed by atoms with Gasteiger partial charge < -0.3 is 20.3 Å². The van der Waals surface area contributed by atoms with Crippen LogP contribution in [-0.2, 0) is 9.47 Å². The Kier molecular flexibility index (Phi) is 4.81. The molecular formula is C10H21NO3. The Bertz CT molecular complexity index is 157. The van der Waals surface area contributed by atoms with Crippen molar-refractivity contribution >= 4 is 0 Å². The Balaban J connectivity index is 2.36. The van der Waals surface area contributed by atoms with Gasteiger partial charge in [-0.3, -0.25) is 0 Å². The molecule has 0 aromatic carbocycles. The molecule has 1 aliphatic rings. The SMILES string of the molecule is CC(CO)COC1(CN)CCCOC1. The van der Waals surface area contributed by atoms with Gasteiger partial charge >= 0.3 is 0 Å². The molecule has 3 N–H and O–H groups in total. The first-order chi connectivity index (χ1) is 6.72. The lowest BCUT2D eigenvalue weighted by Gasteiger charge is -2.36. The fraction of sp³-hybridized carbons (Fsp3) is 1.00. The van der Waals surface area contributed by atoms with E-state index in [0.29, 0.717) is 19.8 Å². The molecule has 0 amide bonds. The highest BCUT2D eigenvalue weighted by Gasteiger charge is 2.32. The Morgan fingerprint density at radius 1 is 1.64 bits per heavy atom. The molecule has 0 saturated carbocycles. The van der Waals surface area contributed by atoms with Crippen LogP contribution in [0, 0.1) is 5.92 Å². The van der Waals surface area contributed by atoms with E-state index in [1.807, 2.05) is 6.92 Å². The van der Waals surface area contributed by atoms with Crippen molar-refractivity contribution in [2.24, 2.45) is 11.7 Å². The Morgan fingerprint density at radius 3 is 2.93 bits per heavy atom. The van der Waals surface area contributed by atoms with E-state index in [-0.39, 0.29) is 18.1 Å². The maximum Gasteiger partial charge on any atom is 0.104 e. The summed E-state index contributed by atoms with van der Waals surface area (Å²) < 4.78 is 11.1. The van der Waals surface area contributed by atoms with Gasteiger partial charge in [0.05, 0.1) is 13.2 Å². The predicted octanol–water partition coefficient (Wildman–Crippen LogP) is 0.139. The maximum atomic E-state index is 8.88. The highest BCUT2D eigenvalue weighted by atomic mass is 16.5. The minimum Gasteiger partial charge on any atom is -0.396 e. The van der Waals surface area contributed by atoms with Crippen molar-refractivity contribution in [2.45, 2.75) is 25.4 Å². The van der Waals surface area contributed by atoms with Crippen LogP contribution in [0.3, 0.4) is 0 Å². The van der Waals surface area contributed by atoms with E-state index < -0.39 is 0 Å². The molecular weight excluding hydrogens is 182 g/mol. The van der Waals surface area contributed by atoms with E-state index in [4.69, 9.17) is 20.3 Å². The van der Waals surface area contributed by atoms with Gasteiger partial charge in [-0.1, -0.05) is 6.92 Å². The van der Waals surface area contributed by atoms with Crippen molar-refractivity contribution in [1.82, 2.24) is 0 Å². The van der Waals surface area contributed by atoms with E-state index in [2.05, 4.69) is 0 Å². The van der Waals surface area contributed by atoms with Gasteiger partial charge in [0.1, 0.15) is 5.60 Å². The summed E-state index contributed by atoms with van der Waals surface area (Å²) in [4.78, 5) is 0. The molecule has 0 aliphatic carbocycles. The zero-order valence-electron chi connectivity index (χ0n) is 8.87. The smallest absolute Gasteiger partial charge is 0.104 e.